The van der Waals surface area contributed by atoms with Crippen LogP contribution in [-0.2, 0) is 4.79 Å². The van der Waals surface area contributed by atoms with Gasteiger partial charge in [0.05, 0.1) is 0 Å². The number of carbonyl (C=O) groups excluding carboxylic acids is 1. The lowest BCUT2D eigenvalue weighted by Gasteiger charge is -2.14. The number of hydrogen-bond acceptors (Lipinski definition) is 1. The van der Waals surface area contributed by atoms with Gasteiger partial charge in [0.2, 0.25) is 5.91 Å². The maximum Gasteiger partial charge on any atom is 0.219 e. The molecule has 12 heavy (non-hydrogen) atoms. The normalized spacial score (nSPS) is 40.2. The Hall–Kier alpha value is -0.600. The Morgan fingerprint density at radius 2 is 1.83 bits per heavy atom. The number of fused-ring (bicyclic) bond motifs is 1. The van der Waals surface area contributed by atoms with E-state index in [1.54, 1.807) is 6.92 Å². The number of likely N-dealkylation sites (tertiary alicyclic amines) is 1. The topological polar surface area (TPSA) is 20.3 Å². The summed E-state index contributed by atoms with van der Waals surface area (Å²) in [5.74, 6) is 1.03. The van der Waals surface area contributed by atoms with Gasteiger partial charge in [-0.3, -0.25) is 4.79 Å². The summed E-state index contributed by atoms with van der Waals surface area (Å²) >= 11 is 0. The van der Waals surface area contributed by atoms with Crippen LogP contribution in [-0.4, -0.2) is 30.1 Å². The van der Waals surface area contributed by atoms with Crippen LogP contribution < -0.4 is 0 Å². The molecule has 0 aromatic heterocycles. The van der Waals surface area contributed by atoms with E-state index in [1.807, 2.05) is 4.90 Å². The molecular weight excluding hydrogens is 157 g/mol. The van der Waals surface area contributed by atoms with E-state index in [4.69, 9.17) is 0 Å². The van der Waals surface area contributed by atoms with E-state index in [-0.39, 0.29) is 5.91 Å². The van der Waals surface area contributed by atoms with Gasteiger partial charge in [-0.1, -0.05) is 0 Å². The third-order valence-corrected chi connectivity index (χ3v) is 3.14. The molecule has 0 aromatic carbocycles. The molecule has 2 fully saturated rings. The highest BCUT2D eigenvalue weighted by Gasteiger charge is 2.41. The first kappa shape index (κ1) is 8.02. The van der Waals surface area contributed by atoms with Gasteiger partial charge < -0.3 is 4.90 Å². The predicted octanol–water partition coefficient (Wildman–Crippen LogP) is 1.21. The lowest BCUT2D eigenvalue weighted by molar-refractivity contribution is -0.128. The molecule has 2 nitrogen and oxygen atoms in total. The van der Waals surface area contributed by atoms with Crippen LogP contribution in [0.15, 0.2) is 0 Å². The lowest BCUT2D eigenvalue weighted by Crippen LogP contribution is -2.27. The van der Waals surface area contributed by atoms with Gasteiger partial charge >= 0.3 is 0 Å². The summed E-state index contributed by atoms with van der Waals surface area (Å²) in [7, 11) is 0. The number of amides is 1. The van der Waals surface area contributed by atoms with Crippen molar-refractivity contribution in [1.29, 1.82) is 0 Å². The van der Waals surface area contributed by atoms with E-state index in [2.05, 4.69) is 0 Å². The Bertz CT molecular complexity index is 193. The third kappa shape index (κ3) is 1.21. The van der Waals surface area contributed by atoms with Crippen molar-refractivity contribution in [2.45, 2.75) is 25.9 Å². The molecule has 3 heteroatoms. The van der Waals surface area contributed by atoms with Crippen molar-refractivity contribution in [3.63, 3.8) is 0 Å². The molecule has 1 aliphatic heterocycles. The van der Waals surface area contributed by atoms with Crippen LogP contribution in [0.5, 0.6) is 0 Å². The number of rotatable bonds is 0. The fourth-order valence-electron chi connectivity index (χ4n) is 2.48. The molecule has 1 saturated heterocycles. The second-order valence-corrected chi connectivity index (χ2v) is 4.01. The van der Waals surface area contributed by atoms with Crippen LogP contribution in [0.1, 0.15) is 19.8 Å². The van der Waals surface area contributed by atoms with Gasteiger partial charge in [0.25, 0.3) is 0 Å². The second-order valence-electron chi connectivity index (χ2n) is 4.01. The van der Waals surface area contributed by atoms with Crippen molar-refractivity contribution in [3.8, 4) is 0 Å². The van der Waals surface area contributed by atoms with Crippen molar-refractivity contribution in [2.24, 2.45) is 11.8 Å². The molecule has 1 saturated carbocycles. The van der Waals surface area contributed by atoms with E-state index in [0.717, 1.165) is 13.1 Å². The quantitative estimate of drug-likeness (QED) is 0.536. The number of hydrogen-bond donors (Lipinski definition) is 0. The van der Waals surface area contributed by atoms with E-state index >= 15 is 0 Å². The summed E-state index contributed by atoms with van der Waals surface area (Å²) in [6.45, 7) is 3.18. The molecule has 0 spiro atoms. The summed E-state index contributed by atoms with van der Waals surface area (Å²) in [5, 5.41) is 0. The van der Waals surface area contributed by atoms with Crippen LogP contribution in [0.25, 0.3) is 0 Å². The maximum atomic E-state index is 12.9. The first-order valence-electron chi connectivity index (χ1n) is 4.56. The minimum atomic E-state index is -0.603. The van der Waals surface area contributed by atoms with Crippen LogP contribution in [0.2, 0.25) is 0 Å². The Kier molecular flexibility index (Phi) is 1.81. The average molecular weight is 171 g/mol. The SMILES string of the molecule is CC(=O)N1CC2CC(F)CC2C1. The van der Waals surface area contributed by atoms with Crippen molar-refractivity contribution in [1.82, 2.24) is 4.90 Å². The zero-order valence-corrected chi connectivity index (χ0v) is 7.29. The van der Waals surface area contributed by atoms with E-state index < -0.39 is 6.17 Å². The zero-order chi connectivity index (χ0) is 8.72. The standard InChI is InChI=1S/C9H14FNO/c1-6(12)11-4-7-2-9(10)3-8(7)5-11/h7-9H,2-5H2,1H3. The highest BCUT2D eigenvalue weighted by molar-refractivity contribution is 5.73. The molecule has 1 heterocycles. The molecule has 2 atom stereocenters. The number of halogens is 1. The number of nitrogens with zero attached hydrogens (tertiary/aromatic N) is 1. The van der Waals surface area contributed by atoms with Crippen LogP contribution >= 0.6 is 0 Å². The minimum absolute atomic E-state index is 0.139. The molecule has 2 unspecified atom stereocenters. The Labute approximate surface area is 71.7 Å². The van der Waals surface area contributed by atoms with Gasteiger partial charge in [-0.15, -0.1) is 0 Å². The van der Waals surface area contributed by atoms with Crippen molar-refractivity contribution in [2.75, 3.05) is 13.1 Å². The molecule has 2 aliphatic rings. The molecular formula is C9H14FNO. The summed E-state index contributed by atoms with van der Waals surface area (Å²) in [6, 6.07) is 0. The first-order chi connectivity index (χ1) is 5.66. The molecule has 2 rings (SSSR count). The highest BCUT2D eigenvalue weighted by Crippen LogP contribution is 2.39. The second kappa shape index (κ2) is 2.71. The molecule has 68 valence electrons. The van der Waals surface area contributed by atoms with Gasteiger partial charge in [-0.2, -0.15) is 0 Å². The Balaban J connectivity index is 1.98. The highest BCUT2D eigenvalue weighted by atomic mass is 19.1. The van der Waals surface area contributed by atoms with E-state index in [0.29, 0.717) is 24.7 Å². The minimum Gasteiger partial charge on any atom is -0.342 e. The molecule has 1 aliphatic carbocycles. The van der Waals surface area contributed by atoms with Crippen LogP contribution in [0.4, 0.5) is 4.39 Å². The maximum absolute atomic E-state index is 12.9. The predicted molar refractivity (Wildman–Crippen MR) is 43.4 cm³/mol. The number of alkyl halides is 1. The largest absolute Gasteiger partial charge is 0.342 e. The molecule has 0 aromatic rings. The summed E-state index contributed by atoms with van der Waals surface area (Å²) in [4.78, 5) is 12.8. The molecule has 0 N–H and O–H groups in total. The monoisotopic (exact) mass is 171 g/mol. The van der Waals surface area contributed by atoms with Gasteiger partial charge in [-0.25, -0.2) is 4.39 Å². The van der Waals surface area contributed by atoms with Crippen molar-refractivity contribution >= 4 is 5.91 Å². The average Bonchev–Trinajstić information content (AvgIpc) is 2.42. The molecule has 0 bridgehead atoms. The van der Waals surface area contributed by atoms with Gasteiger partial charge in [0.1, 0.15) is 6.17 Å². The molecule has 1 amide bonds. The van der Waals surface area contributed by atoms with Gasteiger partial charge in [-0.05, 0) is 24.7 Å². The van der Waals surface area contributed by atoms with E-state index in [1.165, 1.54) is 0 Å². The van der Waals surface area contributed by atoms with E-state index in [9.17, 15) is 9.18 Å². The van der Waals surface area contributed by atoms with Crippen molar-refractivity contribution < 1.29 is 9.18 Å². The summed E-state index contributed by atoms with van der Waals surface area (Å²) in [5.41, 5.74) is 0. The summed E-state index contributed by atoms with van der Waals surface area (Å²) in [6.07, 6.45) is 0.747. The van der Waals surface area contributed by atoms with Crippen molar-refractivity contribution in [3.05, 3.63) is 0 Å². The fraction of sp³-hybridized carbons (Fsp3) is 0.889. The Morgan fingerprint density at radius 1 is 1.33 bits per heavy atom. The van der Waals surface area contributed by atoms with Gasteiger partial charge in [0, 0.05) is 20.0 Å². The summed E-state index contributed by atoms with van der Waals surface area (Å²) < 4.78 is 12.9. The van der Waals surface area contributed by atoms with Gasteiger partial charge in [0.15, 0.2) is 0 Å². The third-order valence-electron chi connectivity index (χ3n) is 3.14. The smallest absolute Gasteiger partial charge is 0.219 e. The number of carbonyl (C=O) groups is 1. The fourth-order valence-corrected chi connectivity index (χ4v) is 2.48. The zero-order valence-electron chi connectivity index (χ0n) is 7.29. The molecule has 0 radical (unpaired) electrons. The lowest BCUT2D eigenvalue weighted by atomic mass is 10.0. The van der Waals surface area contributed by atoms with Crippen LogP contribution in [0.3, 0.4) is 0 Å². The van der Waals surface area contributed by atoms with Crippen LogP contribution in [0, 0.1) is 11.8 Å². The first-order valence-corrected chi connectivity index (χ1v) is 4.56. The Morgan fingerprint density at radius 3 is 2.25 bits per heavy atom.